The molecule has 6 heteroatoms. The highest BCUT2D eigenvalue weighted by atomic mass is 127. The number of aliphatic imine (C=N–C) groups is 1. The average molecular weight is 423 g/mol. The number of nitrogens with one attached hydrogen (secondary N) is 2. The molecule has 0 heterocycles. The number of ether oxygens (including phenoxy) is 1. The molecule has 0 radical (unpaired) electrons. The van der Waals surface area contributed by atoms with Crippen LogP contribution in [0.2, 0.25) is 0 Å². The van der Waals surface area contributed by atoms with Crippen LogP contribution < -0.4 is 10.6 Å². The number of guanidine groups is 1. The average Bonchev–Trinajstić information content (AvgIpc) is 2.48. The smallest absolute Gasteiger partial charge is 0.191 e. The fourth-order valence-electron chi connectivity index (χ4n) is 1.89. The summed E-state index contributed by atoms with van der Waals surface area (Å²) in [6.07, 6.45) is 0.919. The van der Waals surface area contributed by atoms with Crippen LogP contribution in [0.15, 0.2) is 23.2 Å². The zero-order valence-corrected chi connectivity index (χ0v) is 16.1. The molecule has 0 aliphatic heterocycles. The first-order valence-electron chi connectivity index (χ1n) is 7.39. The van der Waals surface area contributed by atoms with E-state index in [2.05, 4.69) is 15.6 Å². The standard InChI is InChI=1S/C16H26FN3O.HI/c1-5-21-10-6-9-19-16(18-4)20-13(3)14-8-7-12(2)15(17)11-14;/h7-8,11,13H,5-6,9-10H2,1-4H3,(H2,18,19,20);1H. The predicted molar refractivity (Wildman–Crippen MR) is 101 cm³/mol. The first-order chi connectivity index (χ1) is 10.1. The summed E-state index contributed by atoms with van der Waals surface area (Å²) >= 11 is 0. The molecule has 2 N–H and O–H groups in total. The van der Waals surface area contributed by atoms with Crippen molar-refractivity contribution < 1.29 is 9.13 Å². The number of nitrogens with zero attached hydrogens (tertiary/aromatic N) is 1. The van der Waals surface area contributed by atoms with Crippen molar-refractivity contribution in [1.29, 1.82) is 0 Å². The molecule has 0 saturated carbocycles. The number of rotatable bonds is 7. The first-order valence-corrected chi connectivity index (χ1v) is 7.39. The van der Waals surface area contributed by atoms with Gasteiger partial charge < -0.3 is 15.4 Å². The molecule has 126 valence electrons. The van der Waals surface area contributed by atoms with E-state index in [-0.39, 0.29) is 35.8 Å². The monoisotopic (exact) mass is 423 g/mol. The molecule has 0 fully saturated rings. The van der Waals surface area contributed by atoms with E-state index < -0.39 is 0 Å². The van der Waals surface area contributed by atoms with Crippen LogP contribution in [0.1, 0.15) is 37.4 Å². The lowest BCUT2D eigenvalue weighted by Crippen LogP contribution is -2.39. The normalized spacial score (nSPS) is 12.5. The summed E-state index contributed by atoms with van der Waals surface area (Å²) in [6, 6.07) is 5.27. The van der Waals surface area contributed by atoms with Gasteiger partial charge in [-0.15, -0.1) is 24.0 Å². The third kappa shape index (κ3) is 7.40. The molecule has 1 unspecified atom stereocenters. The van der Waals surface area contributed by atoms with Crippen LogP contribution in [0.5, 0.6) is 0 Å². The Labute approximate surface area is 149 Å². The second kappa shape index (κ2) is 11.6. The van der Waals surface area contributed by atoms with E-state index in [1.807, 2.05) is 19.9 Å². The summed E-state index contributed by atoms with van der Waals surface area (Å²) in [6.45, 7) is 7.99. The van der Waals surface area contributed by atoms with E-state index in [0.29, 0.717) is 11.5 Å². The van der Waals surface area contributed by atoms with Gasteiger partial charge in [-0.05, 0) is 44.4 Å². The Morgan fingerprint density at radius 2 is 2.14 bits per heavy atom. The molecule has 1 rings (SSSR count). The Morgan fingerprint density at radius 1 is 1.41 bits per heavy atom. The van der Waals surface area contributed by atoms with Gasteiger partial charge in [-0.25, -0.2) is 4.39 Å². The zero-order valence-electron chi connectivity index (χ0n) is 13.8. The molecular weight excluding hydrogens is 396 g/mol. The Morgan fingerprint density at radius 3 is 2.73 bits per heavy atom. The van der Waals surface area contributed by atoms with Crippen LogP contribution in [-0.2, 0) is 4.74 Å². The molecule has 1 atom stereocenters. The third-order valence-corrected chi connectivity index (χ3v) is 3.23. The first kappa shape index (κ1) is 21.1. The SMILES string of the molecule is CCOCCCNC(=NC)NC(C)c1ccc(C)c(F)c1.I. The van der Waals surface area contributed by atoms with Crippen LogP contribution in [0.4, 0.5) is 4.39 Å². The van der Waals surface area contributed by atoms with Crippen molar-refractivity contribution >= 4 is 29.9 Å². The van der Waals surface area contributed by atoms with E-state index in [4.69, 9.17) is 4.74 Å². The fraction of sp³-hybridized carbons (Fsp3) is 0.562. The van der Waals surface area contributed by atoms with Crippen molar-refractivity contribution in [3.8, 4) is 0 Å². The Balaban J connectivity index is 0.00000441. The van der Waals surface area contributed by atoms with Gasteiger partial charge in [-0.1, -0.05) is 12.1 Å². The molecule has 1 aromatic carbocycles. The van der Waals surface area contributed by atoms with E-state index >= 15 is 0 Å². The van der Waals surface area contributed by atoms with Crippen molar-refractivity contribution in [2.45, 2.75) is 33.2 Å². The highest BCUT2D eigenvalue weighted by Crippen LogP contribution is 2.16. The Bertz CT molecular complexity index is 469. The lowest BCUT2D eigenvalue weighted by Gasteiger charge is -2.18. The maximum atomic E-state index is 13.6. The summed E-state index contributed by atoms with van der Waals surface area (Å²) in [5.41, 5.74) is 1.56. The molecular formula is C16H27FIN3O. The summed E-state index contributed by atoms with van der Waals surface area (Å²) in [5.74, 6) is 0.529. The quantitative estimate of drug-likeness (QED) is 0.306. The van der Waals surface area contributed by atoms with E-state index in [9.17, 15) is 4.39 Å². The van der Waals surface area contributed by atoms with Crippen molar-refractivity contribution in [3.05, 3.63) is 35.1 Å². The fourth-order valence-corrected chi connectivity index (χ4v) is 1.89. The van der Waals surface area contributed by atoms with Crippen molar-refractivity contribution in [2.24, 2.45) is 4.99 Å². The highest BCUT2D eigenvalue weighted by molar-refractivity contribution is 14.0. The van der Waals surface area contributed by atoms with Crippen molar-refractivity contribution in [2.75, 3.05) is 26.8 Å². The molecule has 22 heavy (non-hydrogen) atoms. The van der Waals surface area contributed by atoms with Gasteiger partial charge in [0, 0.05) is 26.8 Å². The van der Waals surface area contributed by atoms with Crippen LogP contribution in [0.3, 0.4) is 0 Å². The minimum Gasteiger partial charge on any atom is -0.382 e. The van der Waals surface area contributed by atoms with Crippen LogP contribution >= 0.6 is 24.0 Å². The van der Waals surface area contributed by atoms with Crippen molar-refractivity contribution in [3.63, 3.8) is 0 Å². The lowest BCUT2D eigenvalue weighted by atomic mass is 10.1. The van der Waals surface area contributed by atoms with Gasteiger partial charge in [-0.3, -0.25) is 4.99 Å². The molecule has 0 spiro atoms. The van der Waals surface area contributed by atoms with Gasteiger partial charge in [0.05, 0.1) is 6.04 Å². The second-order valence-electron chi connectivity index (χ2n) is 4.92. The summed E-state index contributed by atoms with van der Waals surface area (Å²) in [7, 11) is 1.72. The zero-order chi connectivity index (χ0) is 15.7. The molecule has 0 aromatic heterocycles. The van der Waals surface area contributed by atoms with E-state index in [1.54, 1.807) is 26.1 Å². The molecule has 0 amide bonds. The lowest BCUT2D eigenvalue weighted by molar-refractivity contribution is 0.145. The van der Waals surface area contributed by atoms with E-state index in [1.165, 1.54) is 0 Å². The molecule has 0 aliphatic carbocycles. The summed E-state index contributed by atoms with van der Waals surface area (Å²) < 4.78 is 18.9. The van der Waals surface area contributed by atoms with Gasteiger partial charge in [-0.2, -0.15) is 0 Å². The molecule has 4 nitrogen and oxygen atoms in total. The Hall–Kier alpha value is -0.890. The minimum absolute atomic E-state index is 0. The Kier molecular flexibility index (Phi) is 11.2. The summed E-state index contributed by atoms with van der Waals surface area (Å²) in [4.78, 5) is 4.17. The largest absolute Gasteiger partial charge is 0.382 e. The molecule has 0 saturated heterocycles. The van der Waals surface area contributed by atoms with E-state index in [0.717, 1.165) is 31.7 Å². The number of hydrogen-bond acceptors (Lipinski definition) is 2. The molecule has 1 aromatic rings. The second-order valence-corrected chi connectivity index (χ2v) is 4.92. The maximum absolute atomic E-state index is 13.6. The van der Waals surface area contributed by atoms with Crippen LogP contribution in [-0.4, -0.2) is 32.8 Å². The van der Waals surface area contributed by atoms with Gasteiger partial charge in [0.15, 0.2) is 5.96 Å². The van der Waals surface area contributed by atoms with Crippen molar-refractivity contribution in [1.82, 2.24) is 10.6 Å². The molecule has 0 aliphatic rings. The highest BCUT2D eigenvalue weighted by Gasteiger charge is 2.09. The maximum Gasteiger partial charge on any atom is 0.191 e. The van der Waals surface area contributed by atoms with Crippen LogP contribution in [0.25, 0.3) is 0 Å². The number of aryl methyl sites for hydroxylation is 1. The van der Waals surface area contributed by atoms with Gasteiger partial charge >= 0.3 is 0 Å². The van der Waals surface area contributed by atoms with Gasteiger partial charge in [0.1, 0.15) is 5.82 Å². The minimum atomic E-state index is -0.180. The third-order valence-electron chi connectivity index (χ3n) is 3.23. The predicted octanol–water partition coefficient (Wildman–Crippen LogP) is 3.40. The van der Waals surface area contributed by atoms with Crippen LogP contribution in [0, 0.1) is 12.7 Å². The topological polar surface area (TPSA) is 45.6 Å². The molecule has 0 bridgehead atoms. The number of benzene rings is 1. The van der Waals surface area contributed by atoms with Gasteiger partial charge in [0.2, 0.25) is 0 Å². The summed E-state index contributed by atoms with van der Waals surface area (Å²) in [5, 5.41) is 6.47. The van der Waals surface area contributed by atoms with Gasteiger partial charge in [0.25, 0.3) is 0 Å². The number of hydrogen-bond donors (Lipinski definition) is 2. The number of halogens is 2.